The molecule has 1 nitrogen and oxygen atoms in total. The zero-order valence-electron chi connectivity index (χ0n) is 12.7. The van der Waals surface area contributed by atoms with E-state index in [1.807, 2.05) is 6.07 Å². The van der Waals surface area contributed by atoms with Gasteiger partial charge < -0.3 is 0 Å². The number of aryl methyl sites for hydroxylation is 2. The van der Waals surface area contributed by atoms with Gasteiger partial charge in [-0.2, -0.15) is 5.26 Å². The number of nitrogens with zero attached hydrogens (tertiary/aromatic N) is 1. The molecule has 0 unspecified atom stereocenters. The monoisotopic (exact) mass is 291 g/mol. The summed E-state index contributed by atoms with van der Waals surface area (Å²) >= 11 is 0. The van der Waals surface area contributed by atoms with Crippen LogP contribution in [0, 0.1) is 17.1 Å². The second-order valence-electron chi connectivity index (χ2n) is 5.76. The quantitative estimate of drug-likeness (QED) is 0.768. The molecule has 0 aliphatic heterocycles. The van der Waals surface area contributed by atoms with Crippen molar-refractivity contribution in [1.82, 2.24) is 0 Å². The lowest BCUT2D eigenvalue weighted by molar-refractivity contribution is 0.622. The van der Waals surface area contributed by atoms with Gasteiger partial charge in [0.25, 0.3) is 0 Å². The van der Waals surface area contributed by atoms with Gasteiger partial charge in [0.2, 0.25) is 0 Å². The SMILES string of the molecule is CCCc1ccc(C2=Cc3cc(F)c(C#N)cc3CC2)cc1. The molecule has 0 fully saturated rings. The van der Waals surface area contributed by atoms with Crippen LogP contribution >= 0.6 is 0 Å². The minimum Gasteiger partial charge on any atom is -0.206 e. The molecular formula is C20H18FN. The second-order valence-corrected chi connectivity index (χ2v) is 5.76. The molecular weight excluding hydrogens is 273 g/mol. The third-order valence-corrected chi connectivity index (χ3v) is 4.21. The van der Waals surface area contributed by atoms with Crippen molar-refractivity contribution < 1.29 is 4.39 Å². The molecule has 0 N–H and O–H groups in total. The number of allylic oxidation sites excluding steroid dienone is 1. The third-order valence-electron chi connectivity index (χ3n) is 4.21. The molecule has 0 radical (unpaired) electrons. The lowest BCUT2D eigenvalue weighted by atomic mass is 9.87. The predicted octanol–water partition coefficient (Wildman–Crippen LogP) is 5.14. The van der Waals surface area contributed by atoms with Crippen molar-refractivity contribution in [3.63, 3.8) is 0 Å². The predicted molar refractivity (Wildman–Crippen MR) is 87.7 cm³/mol. The van der Waals surface area contributed by atoms with Crippen LogP contribution in [0.2, 0.25) is 0 Å². The van der Waals surface area contributed by atoms with Gasteiger partial charge in [-0.1, -0.05) is 43.7 Å². The van der Waals surface area contributed by atoms with Crippen molar-refractivity contribution in [2.45, 2.75) is 32.6 Å². The first-order valence-corrected chi connectivity index (χ1v) is 7.73. The summed E-state index contributed by atoms with van der Waals surface area (Å²) < 4.78 is 13.8. The lowest BCUT2D eigenvalue weighted by Crippen LogP contribution is -2.01. The van der Waals surface area contributed by atoms with Crippen LogP contribution in [0.1, 0.15) is 47.6 Å². The molecule has 0 saturated heterocycles. The molecule has 2 aromatic rings. The zero-order chi connectivity index (χ0) is 15.5. The van der Waals surface area contributed by atoms with Crippen molar-refractivity contribution in [2.24, 2.45) is 0 Å². The summed E-state index contributed by atoms with van der Waals surface area (Å²) in [5.74, 6) is -0.433. The fourth-order valence-electron chi connectivity index (χ4n) is 3.00. The van der Waals surface area contributed by atoms with Crippen LogP contribution in [0.5, 0.6) is 0 Å². The van der Waals surface area contributed by atoms with Crippen LogP contribution in [0.4, 0.5) is 4.39 Å². The Bertz CT molecular complexity index is 764. The van der Waals surface area contributed by atoms with Gasteiger partial charge in [-0.05, 0) is 59.2 Å². The highest BCUT2D eigenvalue weighted by Gasteiger charge is 2.15. The first-order valence-electron chi connectivity index (χ1n) is 7.73. The third kappa shape index (κ3) is 2.80. The fourth-order valence-corrected chi connectivity index (χ4v) is 3.00. The van der Waals surface area contributed by atoms with Crippen LogP contribution < -0.4 is 0 Å². The van der Waals surface area contributed by atoms with Gasteiger partial charge in [0, 0.05) is 0 Å². The van der Waals surface area contributed by atoms with E-state index < -0.39 is 5.82 Å². The number of benzene rings is 2. The van der Waals surface area contributed by atoms with Crippen molar-refractivity contribution in [2.75, 3.05) is 0 Å². The summed E-state index contributed by atoms with van der Waals surface area (Å²) in [5, 5.41) is 8.91. The summed E-state index contributed by atoms with van der Waals surface area (Å²) in [7, 11) is 0. The summed E-state index contributed by atoms with van der Waals surface area (Å²) in [6.07, 6.45) is 6.08. The molecule has 1 aliphatic carbocycles. The standard InChI is InChI=1S/C20H18FN/c1-2-3-14-4-6-15(7-5-14)16-8-9-17-11-19(13-22)20(21)12-18(17)10-16/h4-7,10-12H,2-3,8-9H2,1H3. The Hall–Kier alpha value is -2.40. The normalized spacial score (nSPS) is 13.2. The minimum atomic E-state index is -0.433. The summed E-state index contributed by atoms with van der Waals surface area (Å²) in [6.45, 7) is 2.18. The molecule has 1 aliphatic rings. The molecule has 0 spiro atoms. The van der Waals surface area contributed by atoms with Crippen molar-refractivity contribution >= 4 is 11.6 Å². The van der Waals surface area contributed by atoms with E-state index in [0.29, 0.717) is 0 Å². The Labute approximate surface area is 130 Å². The second kappa shape index (κ2) is 6.15. The highest BCUT2D eigenvalue weighted by Crippen LogP contribution is 2.31. The molecule has 0 atom stereocenters. The Morgan fingerprint density at radius 2 is 1.91 bits per heavy atom. The molecule has 0 amide bonds. The first-order chi connectivity index (χ1) is 10.7. The van der Waals surface area contributed by atoms with E-state index in [-0.39, 0.29) is 5.56 Å². The number of hydrogen-bond acceptors (Lipinski definition) is 1. The zero-order valence-corrected chi connectivity index (χ0v) is 12.7. The van der Waals surface area contributed by atoms with Crippen LogP contribution in [0.3, 0.4) is 0 Å². The van der Waals surface area contributed by atoms with E-state index in [9.17, 15) is 4.39 Å². The van der Waals surface area contributed by atoms with Crippen LogP contribution in [0.15, 0.2) is 36.4 Å². The Balaban J connectivity index is 1.93. The summed E-state index contributed by atoms with van der Waals surface area (Å²) in [5.41, 5.74) is 5.89. The van der Waals surface area contributed by atoms with Gasteiger partial charge in [-0.3, -0.25) is 0 Å². The molecule has 2 heteroatoms. The van der Waals surface area contributed by atoms with E-state index in [4.69, 9.17) is 5.26 Å². The van der Waals surface area contributed by atoms with E-state index in [1.54, 1.807) is 6.07 Å². The van der Waals surface area contributed by atoms with E-state index in [0.717, 1.165) is 36.8 Å². The van der Waals surface area contributed by atoms with Crippen molar-refractivity contribution in [3.05, 3.63) is 70.0 Å². The van der Waals surface area contributed by atoms with Crippen LogP contribution in [0.25, 0.3) is 11.6 Å². The van der Waals surface area contributed by atoms with Gasteiger partial charge in [-0.15, -0.1) is 0 Å². The molecule has 0 heterocycles. The molecule has 3 rings (SSSR count). The molecule has 0 bridgehead atoms. The molecule has 110 valence electrons. The Morgan fingerprint density at radius 1 is 1.14 bits per heavy atom. The van der Waals surface area contributed by atoms with Crippen molar-refractivity contribution in [1.29, 1.82) is 5.26 Å². The average molecular weight is 291 g/mol. The largest absolute Gasteiger partial charge is 0.206 e. The first kappa shape index (κ1) is 14.5. The topological polar surface area (TPSA) is 23.8 Å². The maximum Gasteiger partial charge on any atom is 0.141 e. The molecule has 0 aromatic heterocycles. The highest BCUT2D eigenvalue weighted by molar-refractivity contribution is 5.84. The smallest absolute Gasteiger partial charge is 0.141 e. The number of halogens is 1. The number of fused-ring (bicyclic) bond motifs is 1. The summed E-state index contributed by atoms with van der Waals surface area (Å²) in [6, 6.07) is 13.7. The summed E-state index contributed by atoms with van der Waals surface area (Å²) in [4.78, 5) is 0. The average Bonchev–Trinajstić information content (AvgIpc) is 2.54. The van der Waals surface area contributed by atoms with Gasteiger partial charge in [0.05, 0.1) is 5.56 Å². The maximum absolute atomic E-state index is 13.8. The number of nitriles is 1. The van der Waals surface area contributed by atoms with Gasteiger partial charge >= 0.3 is 0 Å². The highest BCUT2D eigenvalue weighted by atomic mass is 19.1. The Morgan fingerprint density at radius 3 is 2.59 bits per heavy atom. The van der Waals surface area contributed by atoms with E-state index >= 15 is 0 Å². The van der Waals surface area contributed by atoms with E-state index in [2.05, 4.69) is 37.3 Å². The minimum absolute atomic E-state index is 0.138. The lowest BCUT2D eigenvalue weighted by Gasteiger charge is -2.17. The van der Waals surface area contributed by atoms with Crippen molar-refractivity contribution in [3.8, 4) is 6.07 Å². The molecule has 0 saturated carbocycles. The van der Waals surface area contributed by atoms with Gasteiger partial charge in [0.15, 0.2) is 0 Å². The van der Waals surface area contributed by atoms with Crippen LogP contribution in [-0.2, 0) is 12.8 Å². The molecule has 22 heavy (non-hydrogen) atoms. The van der Waals surface area contributed by atoms with E-state index in [1.165, 1.54) is 22.8 Å². The maximum atomic E-state index is 13.8. The molecule has 2 aromatic carbocycles. The van der Waals surface area contributed by atoms with Crippen LogP contribution in [-0.4, -0.2) is 0 Å². The number of hydrogen-bond donors (Lipinski definition) is 0. The fraction of sp³-hybridized carbons (Fsp3) is 0.250. The Kier molecular flexibility index (Phi) is 4.06. The van der Waals surface area contributed by atoms with Gasteiger partial charge in [-0.25, -0.2) is 4.39 Å². The van der Waals surface area contributed by atoms with Gasteiger partial charge in [0.1, 0.15) is 11.9 Å². The number of rotatable bonds is 3.